The SMILES string of the molecule is c1ccc(CC2CNCCN2CC2CC2)cc1. The molecule has 17 heavy (non-hydrogen) atoms. The van der Waals surface area contributed by atoms with Crippen LogP contribution in [0.3, 0.4) is 0 Å². The van der Waals surface area contributed by atoms with Gasteiger partial charge in [0.1, 0.15) is 0 Å². The summed E-state index contributed by atoms with van der Waals surface area (Å²) in [6.45, 7) is 4.88. The lowest BCUT2D eigenvalue weighted by molar-refractivity contribution is 0.153. The van der Waals surface area contributed by atoms with Crippen LogP contribution in [-0.4, -0.2) is 37.1 Å². The van der Waals surface area contributed by atoms with Gasteiger partial charge < -0.3 is 5.32 Å². The van der Waals surface area contributed by atoms with Crippen LogP contribution in [0.25, 0.3) is 0 Å². The highest BCUT2D eigenvalue weighted by Gasteiger charge is 2.29. The molecule has 1 aromatic carbocycles. The molecular formula is C15H22N2. The zero-order valence-corrected chi connectivity index (χ0v) is 10.4. The van der Waals surface area contributed by atoms with Crippen LogP contribution in [0.15, 0.2) is 30.3 Å². The maximum atomic E-state index is 3.54. The Kier molecular flexibility index (Phi) is 3.44. The van der Waals surface area contributed by atoms with Crippen molar-refractivity contribution in [2.45, 2.75) is 25.3 Å². The molecule has 1 atom stereocenters. The second-order valence-corrected chi connectivity index (χ2v) is 5.49. The lowest BCUT2D eigenvalue weighted by Crippen LogP contribution is -2.52. The Morgan fingerprint density at radius 3 is 2.76 bits per heavy atom. The summed E-state index contributed by atoms with van der Waals surface area (Å²) < 4.78 is 0. The Balaban J connectivity index is 1.62. The van der Waals surface area contributed by atoms with E-state index in [1.54, 1.807) is 0 Å². The molecule has 2 aliphatic rings. The fraction of sp³-hybridized carbons (Fsp3) is 0.600. The van der Waals surface area contributed by atoms with E-state index in [2.05, 4.69) is 40.5 Å². The summed E-state index contributed by atoms with van der Waals surface area (Å²) in [6.07, 6.45) is 4.12. The normalized spacial score (nSPS) is 26.0. The highest BCUT2D eigenvalue weighted by Crippen LogP contribution is 2.30. The van der Waals surface area contributed by atoms with Crippen LogP contribution < -0.4 is 5.32 Å². The van der Waals surface area contributed by atoms with E-state index in [0.717, 1.165) is 19.0 Å². The largest absolute Gasteiger partial charge is 0.314 e. The maximum Gasteiger partial charge on any atom is 0.0261 e. The van der Waals surface area contributed by atoms with E-state index in [-0.39, 0.29) is 0 Å². The van der Waals surface area contributed by atoms with Gasteiger partial charge in [0, 0.05) is 32.2 Å². The third-order valence-corrected chi connectivity index (χ3v) is 3.98. The predicted molar refractivity (Wildman–Crippen MR) is 71.1 cm³/mol. The number of benzene rings is 1. The van der Waals surface area contributed by atoms with E-state index in [1.165, 1.54) is 37.9 Å². The first-order chi connectivity index (χ1) is 8.42. The van der Waals surface area contributed by atoms with E-state index in [4.69, 9.17) is 0 Å². The fourth-order valence-corrected chi connectivity index (χ4v) is 2.76. The lowest BCUT2D eigenvalue weighted by Gasteiger charge is -2.36. The van der Waals surface area contributed by atoms with Crippen LogP contribution in [0.4, 0.5) is 0 Å². The Hall–Kier alpha value is -0.860. The van der Waals surface area contributed by atoms with Crippen molar-refractivity contribution < 1.29 is 0 Å². The van der Waals surface area contributed by atoms with Crippen molar-refractivity contribution in [3.05, 3.63) is 35.9 Å². The van der Waals surface area contributed by atoms with Crippen molar-refractivity contribution in [1.82, 2.24) is 10.2 Å². The summed E-state index contributed by atoms with van der Waals surface area (Å²) in [6, 6.07) is 11.6. The average Bonchev–Trinajstić information content (AvgIpc) is 3.17. The van der Waals surface area contributed by atoms with Gasteiger partial charge >= 0.3 is 0 Å². The molecule has 92 valence electrons. The van der Waals surface area contributed by atoms with E-state index in [9.17, 15) is 0 Å². The molecule has 1 N–H and O–H groups in total. The quantitative estimate of drug-likeness (QED) is 0.850. The van der Waals surface area contributed by atoms with Crippen molar-refractivity contribution in [3.63, 3.8) is 0 Å². The Morgan fingerprint density at radius 1 is 1.18 bits per heavy atom. The molecule has 2 heteroatoms. The second kappa shape index (κ2) is 5.19. The molecule has 0 amide bonds. The number of nitrogens with zero attached hydrogens (tertiary/aromatic N) is 1. The minimum Gasteiger partial charge on any atom is -0.314 e. The van der Waals surface area contributed by atoms with Crippen LogP contribution in [0, 0.1) is 5.92 Å². The smallest absolute Gasteiger partial charge is 0.0261 e. The number of piperazine rings is 1. The number of rotatable bonds is 4. The molecule has 0 bridgehead atoms. The molecule has 1 aliphatic heterocycles. The average molecular weight is 230 g/mol. The van der Waals surface area contributed by atoms with Gasteiger partial charge in [0.25, 0.3) is 0 Å². The van der Waals surface area contributed by atoms with Gasteiger partial charge in [0.15, 0.2) is 0 Å². The van der Waals surface area contributed by atoms with Crippen LogP contribution in [0.1, 0.15) is 18.4 Å². The molecule has 1 saturated carbocycles. The van der Waals surface area contributed by atoms with Crippen LogP contribution >= 0.6 is 0 Å². The molecule has 0 spiro atoms. The Bertz CT molecular complexity index is 345. The lowest BCUT2D eigenvalue weighted by atomic mass is 10.0. The first-order valence-corrected chi connectivity index (χ1v) is 6.90. The van der Waals surface area contributed by atoms with Crippen molar-refractivity contribution in [1.29, 1.82) is 0 Å². The highest BCUT2D eigenvalue weighted by molar-refractivity contribution is 5.16. The third kappa shape index (κ3) is 3.08. The summed E-state index contributed by atoms with van der Waals surface area (Å²) in [5.41, 5.74) is 1.47. The molecule has 3 rings (SSSR count). The monoisotopic (exact) mass is 230 g/mol. The predicted octanol–water partition coefficient (Wildman–Crippen LogP) is 1.91. The molecule has 0 aromatic heterocycles. The molecule has 0 radical (unpaired) electrons. The van der Waals surface area contributed by atoms with Gasteiger partial charge in [0.05, 0.1) is 0 Å². The van der Waals surface area contributed by atoms with Crippen LogP contribution in [-0.2, 0) is 6.42 Å². The summed E-state index contributed by atoms with van der Waals surface area (Å²) >= 11 is 0. The van der Waals surface area contributed by atoms with E-state index < -0.39 is 0 Å². The highest BCUT2D eigenvalue weighted by atomic mass is 15.2. The molecule has 1 aliphatic carbocycles. The van der Waals surface area contributed by atoms with Gasteiger partial charge in [-0.2, -0.15) is 0 Å². The summed E-state index contributed by atoms with van der Waals surface area (Å²) in [4.78, 5) is 2.71. The molecule has 1 heterocycles. The molecule has 2 fully saturated rings. The van der Waals surface area contributed by atoms with Crippen molar-refractivity contribution in [3.8, 4) is 0 Å². The zero-order chi connectivity index (χ0) is 11.5. The Labute approximate surface area is 104 Å². The summed E-state index contributed by atoms with van der Waals surface area (Å²) in [5, 5.41) is 3.54. The van der Waals surface area contributed by atoms with Gasteiger partial charge in [-0.3, -0.25) is 4.90 Å². The minimum atomic E-state index is 0.701. The van der Waals surface area contributed by atoms with Gasteiger partial charge in [-0.1, -0.05) is 30.3 Å². The molecular weight excluding hydrogens is 208 g/mol. The maximum absolute atomic E-state index is 3.54. The van der Waals surface area contributed by atoms with E-state index in [0.29, 0.717) is 6.04 Å². The Morgan fingerprint density at radius 2 is 2.00 bits per heavy atom. The summed E-state index contributed by atoms with van der Waals surface area (Å²) in [5.74, 6) is 1.01. The first kappa shape index (κ1) is 11.2. The van der Waals surface area contributed by atoms with Crippen molar-refractivity contribution >= 4 is 0 Å². The van der Waals surface area contributed by atoms with E-state index >= 15 is 0 Å². The number of hydrogen-bond acceptors (Lipinski definition) is 2. The van der Waals surface area contributed by atoms with Gasteiger partial charge in [0.2, 0.25) is 0 Å². The van der Waals surface area contributed by atoms with Gasteiger partial charge in [-0.05, 0) is 30.7 Å². The number of nitrogens with one attached hydrogen (secondary N) is 1. The van der Waals surface area contributed by atoms with Crippen LogP contribution in [0.2, 0.25) is 0 Å². The zero-order valence-electron chi connectivity index (χ0n) is 10.4. The van der Waals surface area contributed by atoms with Crippen LogP contribution in [0.5, 0.6) is 0 Å². The van der Waals surface area contributed by atoms with Gasteiger partial charge in [-0.15, -0.1) is 0 Å². The second-order valence-electron chi connectivity index (χ2n) is 5.49. The topological polar surface area (TPSA) is 15.3 Å². The minimum absolute atomic E-state index is 0.701. The third-order valence-electron chi connectivity index (χ3n) is 3.98. The standard InChI is InChI=1S/C15H22N2/c1-2-4-13(5-3-1)10-15-11-16-8-9-17(15)12-14-6-7-14/h1-5,14-16H,6-12H2. The van der Waals surface area contributed by atoms with Crippen molar-refractivity contribution in [2.75, 3.05) is 26.2 Å². The van der Waals surface area contributed by atoms with E-state index in [1.807, 2.05) is 0 Å². The molecule has 1 unspecified atom stereocenters. The first-order valence-electron chi connectivity index (χ1n) is 6.90. The molecule has 1 saturated heterocycles. The fourth-order valence-electron chi connectivity index (χ4n) is 2.76. The van der Waals surface area contributed by atoms with Crippen molar-refractivity contribution in [2.24, 2.45) is 5.92 Å². The molecule has 2 nitrogen and oxygen atoms in total. The van der Waals surface area contributed by atoms with Gasteiger partial charge in [-0.25, -0.2) is 0 Å². The number of hydrogen-bond donors (Lipinski definition) is 1. The summed E-state index contributed by atoms with van der Waals surface area (Å²) in [7, 11) is 0. The molecule has 1 aromatic rings.